The number of amides is 2. The average Bonchev–Trinajstić information content (AvgIpc) is 3.24. The zero-order valence-corrected chi connectivity index (χ0v) is 36.5. The van der Waals surface area contributed by atoms with Crippen LogP contribution in [-0.2, 0) is 15.8 Å². The van der Waals surface area contributed by atoms with Crippen molar-refractivity contribution in [1.29, 1.82) is 0 Å². The number of aromatic nitrogens is 4. The summed E-state index contributed by atoms with van der Waals surface area (Å²) in [5.74, 6) is -2.00. The molecule has 6 heterocycles. The Morgan fingerprint density at radius 1 is 0.641 bits per heavy atom. The number of nitrogen functional groups attached to an aromatic ring is 2. The molecule has 0 aliphatic carbocycles. The molecular weight excluding hydrogens is 910 g/mol. The van der Waals surface area contributed by atoms with E-state index in [2.05, 4.69) is 30.6 Å². The SMILES string of the molecule is Nc1ncnc(N2CCC[C@@H](N3CCC[C@@H](Nc4cc(Cl)cc(C(F)(F)F)c4)C3=O)C2)c1F.Nc1ncnc(N2CC[C@H](O)[C@@H](N3CCC[C@@H](Nc4cc(Cl)cc(Cl)c4)C3=O)C2)c1F. The first-order valence-corrected chi connectivity index (χ1v) is 21.8. The third-order valence-electron chi connectivity index (χ3n) is 11.7. The van der Waals surface area contributed by atoms with E-state index in [0.29, 0.717) is 74.1 Å². The molecule has 4 saturated heterocycles. The van der Waals surface area contributed by atoms with E-state index in [9.17, 15) is 36.6 Å². The van der Waals surface area contributed by atoms with Gasteiger partial charge in [-0.2, -0.15) is 22.0 Å². The molecule has 0 bridgehead atoms. The van der Waals surface area contributed by atoms with Crippen molar-refractivity contribution in [3.63, 3.8) is 0 Å². The van der Waals surface area contributed by atoms with Crippen LogP contribution < -0.4 is 31.9 Å². The number of hydrogen-bond donors (Lipinski definition) is 5. The number of aliphatic hydroxyl groups is 1. The molecule has 4 aliphatic rings. The van der Waals surface area contributed by atoms with Gasteiger partial charge in [0.05, 0.1) is 17.7 Å². The van der Waals surface area contributed by atoms with Crippen LogP contribution in [0.25, 0.3) is 0 Å². The van der Waals surface area contributed by atoms with Gasteiger partial charge in [-0.15, -0.1) is 0 Å². The number of alkyl halides is 3. The standard InChI is InChI=1S/C21H23ClF4N6O.C20H23Cl2FN6O2/c22-13-7-12(21(24,25)26)8-14(9-13)30-16-4-2-6-32(20(16)33)15-3-1-5-31(10-15)19-17(23)18(27)28-11-29-19;21-11-6-12(22)8-13(7-11)27-14-2-1-4-29(20(14)31)15-9-28(5-3-16(15)30)19-17(23)18(24)25-10-26-19/h7-9,11,15-16,30H,1-6,10H2,(H2,27,28,29);6-8,10,14-16,27,30H,1-5,9H2,(H2,24,25,26)/t15-,16-;14-,15+,16+/m11/s1. The number of aliphatic hydroxyl groups excluding tert-OH is 1. The first kappa shape index (κ1) is 46.8. The summed E-state index contributed by atoms with van der Waals surface area (Å²) in [6, 6.07) is 6.36. The summed E-state index contributed by atoms with van der Waals surface area (Å²) >= 11 is 18.0. The lowest BCUT2D eigenvalue weighted by Gasteiger charge is -2.45. The number of nitrogens with one attached hydrogen (secondary N) is 2. The van der Waals surface area contributed by atoms with E-state index in [4.69, 9.17) is 46.3 Å². The Hall–Kier alpha value is -5.18. The minimum Gasteiger partial charge on any atom is -0.391 e. The maximum absolute atomic E-state index is 14.4. The Labute approximate surface area is 380 Å². The van der Waals surface area contributed by atoms with Crippen molar-refractivity contribution in [2.75, 3.05) is 71.2 Å². The highest BCUT2D eigenvalue weighted by molar-refractivity contribution is 6.35. The van der Waals surface area contributed by atoms with E-state index in [-0.39, 0.29) is 58.4 Å². The molecule has 5 atom stereocenters. The van der Waals surface area contributed by atoms with E-state index >= 15 is 0 Å². The molecule has 8 rings (SSSR count). The first-order chi connectivity index (χ1) is 30.5. The molecule has 0 spiro atoms. The summed E-state index contributed by atoms with van der Waals surface area (Å²) in [6.07, 6.45) is 1.53. The first-order valence-electron chi connectivity index (χ1n) is 20.6. The molecule has 2 amide bonds. The summed E-state index contributed by atoms with van der Waals surface area (Å²) in [7, 11) is 0. The van der Waals surface area contributed by atoms with Crippen LogP contribution in [0.1, 0.15) is 50.5 Å². The number of likely N-dealkylation sites (tertiary alicyclic amines) is 2. The number of piperidine rings is 4. The second kappa shape index (κ2) is 19.9. The monoisotopic (exact) mass is 954 g/mol. The quantitative estimate of drug-likeness (QED) is 0.121. The molecule has 4 fully saturated rings. The fraction of sp³-hybridized carbons (Fsp3) is 0.463. The lowest BCUT2D eigenvalue weighted by molar-refractivity contribution is -0.140. The van der Waals surface area contributed by atoms with Crippen molar-refractivity contribution in [3.8, 4) is 0 Å². The molecule has 23 heteroatoms. The molecule has 2 aromatic heterocycles. The predicted molar refractivity (Wildman–Crippen MR) is 234 cm³/mol. The Morgan fingerprint density at radius 2 is 1.14 bits per heavy atom. The molecule has 0 unspecified atom stereocenters. The fourth-order valence-electron chi connectivity index (χ4n) is 8.64. The van der Waals surface area contributed by atoms with Crippen molar-refractivity contribution in [2.24, 2.45) is 0 Å². The van der Waals surface area contributed by atoms with Crippen LogP contribution in [0.5, 0.6) is 0 Å². The third-order valence-corrected chi connectivity index (χ3v) is 12.3. The number of benzene rings is 2. The topological polar surface area (TPSA) is 195 Å². The highest BCUT2D eigenvalue weighted by atomic mass is 35.5. The second-order valence-corrected chi connectivity index (χ2v) is 17.3. The minimum absolute atomic E-state index is 0.0680. The van der Waals surface area contributed by atoms with Crippen molar-refractivity contribution in [2.45, 2.75) is 81.4 Å². The van der Waals surface area contributed by atoms with Gasteiger partial charge in [0.1, 0.15) is 24.7 Å². The van der Waals surface area contributed by atoms with Gasteiger partial charge in [-0.25, -0.2) is 19.9 Å². The van der Waals surface area contributed by atoms with Gasteiger partial charge in [-0.3, -0.25) is 9.59 Å². The largest absolute Gasteiger partial charge is 0.416 e. The zero-order valence-electron chi connectivity index (χ0n) is 34.2. The molecule has 344 valence electrons. The summed E-state index contributed by atoms with van der Waals surface area (Å²) in [6.45, 7) is 2.62. The normalized spacial score (nSPS) is 23.1. The van der Waals surface area contributed by atoms with Crippen LogP contribution in [-0.4, -0.2) is 116 Å². The van der Waals surface area contributed by atoms with Gasteiger partial charge in [0, 0.05) is 71.8 Å². The molecule has 2 aromatic carbocycles. The summed E-state index contributed by atoms with van der Waals surface area (Å²) in [4.78, 5) is 48.7. The number of halogens is 8. The number of rotatable bonds is 8. The average molecular weight is 956 g/mol. The van der Waals surface area contributed by atoms with E-state index in [0.717, 1.165) is 31.4 Å². The van der Waals surface area contributed by atoms with Crippen LogP contribution in [0.3, 0.4) is 0 Å². The zero-order chi connectivity index (χ0) is 45.9. The molecule has 4 aromatic rings. The van der Waals surface area contributed by atoms with E-state index in [1.54, 1.807) is 37.8 Å². The third kappa shape index (κ3) is 10.8. The minimum atomic E-state index is -4.55. The molecule has 4 aliphatic heterocycles. The van der Waals surface area contributed by atoms with Gasteiger partial charge in [-0.1, -0.05) is 34.8 Å². The maximum Gasteiger partial charge on any atom is 0.416 e. The van der Waals surface area contributed by atoms with Crippen LogP contribution in [0.2, 0.25) is 15.1 Å². The van der Waals surface area contributed by atoms with Crippen molar-refractivity contribution in [3.05, 3.63) is 81.3 Å². The van der Waals surface area contributed by atoms with Gasteiger partial charge in [0.25, 0.3) is 0 Å². The molecule has 0 radical (unpaired) electrons. The number of nitrogens with two attached hydrogens (primary N) is 2. The summed E-state index contributed by atoms with van der Waals surface area (Å²) < 4.78 is 68.2. The number of carbonyl (C=O) groups excluding carboxylic acids is 2. The number of hydrogen-bond acceptors (Lipinski definition) is 13. The second-order valence-electron chi connectivity index (χ2n) is 16.0. The highest BCUT2D eigenvalue weighted by Gasteiger charge is 2.41. The Bertz CT molecular complexity index is 2320. The molecule has 15 nitrogen and oxygen atoms in total. The Morgan fingerprint density at radius 3 is 1.72 bits per heavy atom. The van der Waals surface area contributed by atoms with Gasteiger partial charge < -0.3 is 46.8 Å². The molecule has 0 saturated carbocycles. The van der Waals surface area contributed by atoms with Crippen molar-refractivity contribution in [1.82, 2.24) is 29.7 Å². The van der Waals surface area contributed by atoms with Crippen LogP contribution in [0, 0.1) is 11.6 Å². The summed E-state index contributed by atoms with van der Waals surface area (Å²) in [5.41, 5.74) is 11.0. The van der Waals surface area contributed by atoms with Crippen LogP contribution >= 0.6 is 34.8 Å². The Balaban J connectivity index is 0.000000192. The maximum atomic E-state index is 14.4. The van der Waals surface area contributed by atoms with Gasteiger partial charge >= 0.3 is 6.18 Å². The van der Waals surface area contributed by atoms with E-state index in [1.165, 1.54) is 18.7 Å². The summed E-state index contributed by atoms with van der Waals surface area (Å²) in [5, 5.41) is 17.7. The lowest BCUT2D eigenvalue weighted by Crippen LogP contribution is -2.61. The van der Waals surface area contributed by atoms with Gasteiger partial charge in [0.15, 0.2) is 23.3 Å². The lowest BCUT2D eigenvalue weighted by atomic mass is 9.95. The highest BCUT2D eigenvalue weighted by Crippen LogP contribution is 2.35. The van der Waals surface area contributed by atoms with Crippen LogP contribution in [0.4, 0.5) is 56.6 Å². The molecule has 7 N–H and O–H groups in total. The number of carbonyl (C=O) groups is 2. The molecular formula is C41H46Cl3F5N12O3. The Kier molecular flexibility index (Phi) is 14.6. The van der Waals surface area contributed by atoms with Gasteiger partial charge in [0.2, 0.25) is 23.4 Å². The number of nitrogens with zero attached hydrogens (tertiary/aromatic N) is 8. The smallest absolute Gasteiger partial charge is 0.391 e. The van der Waals surface area contributed by atoms with E-state index in [1.807, 2.05) is 0 Å². The fourth-order valence-corrected chi connectivity index (χ4v) is 9.40. The predicted octanol–water partition coefficient (Wildman–Crippen LogP) is 6.49. The number of anilines is 6. The van der Waals surface area contributed by atoms with Gasteiger partial charge in [-0.05, 0) is 81.3 Å². The van der Waals surface area contributed by atoms with Crippen molar-refractivity contribution < 1.29 is 36.6 Å². The molecule has 64 heavy (non-hydrogen) atoms. The van der Waals surface area contributed by atoms with Crippen LogP contribution in [0.15, 0.2) is 49.1 Å². The van der Waals surface area contributed by atoms with Crippen molar-refractivity contribution >= 4 is 81.3 Å². The van der Waals surface area contributed by atoms with E-state index < -0.39 is 47.6 Å².